The Bertz CT molecular complexity index is 1120. The van der Waals surface area contributed by atoms with Crippen LogP contribution in [0.5, 0.6) is 0 Å². The van der Waals surface area contributed by atoms with Gasteiger partial charge >= 0.3 is 0 Å². The standard InChI is InChI=1S/C20H23N9O/c1-3-28(2)8-6-22-20(30)16-5-4-15(12-23-16)27-18-19-21-7-9-29(19)17(13-24-18)14-10-25-26-11-14/h4-5,7,9-13H,3,6,8H2,1-2H3,(H,22,30)(H,24,27)(H,25,26). The second kappa shape index (κ2) is 8.70. The molecular weight excluding hydrogens is 382 g/mol. The van der Waals surface area contributed by atoms with E-state index < -0.39 is 0 Å². The van der Waals surface area contributed by atoms with Gasteiger partial charge in [-0.2, -0.15) is 5.10 Å². The molecule has 0 atom stereocenters. The van der Waals surface area contributed by atoms with Crippen LogP contribution in [0.15, 0.2) is 49.3 Å². The van der Waals surface area contributed by atoms with Gasteiger partial charge in [0.15, 0.2) is 11.5 Å². The fraction of sp³-hybridized carbons (Fsp3) is 0.250. The molecule has 4 heterocycles. The predicted molar refractivity (Wildman–Crippen MR) is 114 cm³/mol. The zero-order valence-corrected chi connectivity index (χ0v) is 16.8. The van der Waals surface area contributed by atoms with Crippen LogP contribution in [0.25, 0.3) is 16.9 Å². The number of carbonyl (C=O) groups excluding carboxylic acids is 1. The first-order chi connectivity index (χ1) is 14.7. The fourth-order valence-electron chi connectivity index (χ4n) is 2.96. The third-order valence-corrected chi connectivity index (χ3v) is 4.80. The maximum atomic E-state index is 12.2. The van der Waals surface area contributed by atoms with Gasteiger partial charge in [-0.15, -0.1) is 0 Å². The van der Waals surface area contributed by atoms with Crippen LogP contribution in [0.3, 0.4) is 0 Å². The van der Waals surface area contributed by atoms with Crippen LogP contribution in [-0.4, -0.2) is 67.0 Å². The molecule has 0 radical (unpaired) electrons. The Kier molecular flexibility index (Phi) is 5.66. The van der Waals surface area contributed by atoms with Crippen LogP contribution in [0, 0.1) is 0 Å². The van der Waals surface area contributed by atoms with Gasteiger partial charge in [0.2, 0.25) is 0 Å². The number of nitrogens with zero attached hydrogens (tertiary/aromatic N) is 6. The Hall–Kier alpha value is -3.79. The Balaban J connectivity index is 1.46. The van der Waals surface area contributed by atoms with E-state index in [0.29, 0.717) is 29.4 Å². The molecule has 10 nitrogen and oxygen atoms in total. The Morgan fingerprint density at radius 2 is 2.10 bits per heavy atom. The van der Waals surface area contributed by atoms with Gasteiger partial charge in [0.05, 0.1) is 30.0 Å². The second-order valence-electron chi connectivity index (χ2n) is 6.81. The summed E-state index contributed by atoms with van der Waals surface area (Å²) in [6.45, 7) is 4.39. The topological polar surface area (TPSA) is 116 Å². The quantitative estimate of drug-likeness (QED) is 0.410. The van der Waals surface area contributed by atoms with Crippen LogP contribution in [0.4, 0.5) is 11.5 Å². The minimum absolute atomic E-state index is 0.190. The molecule has 3 N–H and O–H groups in total. The van der Waals surface area contributed by atoms with Gasteiger partial charge in [0, 0.05) is 37.2 Å². The van der Waals surface area contributed by atoms with Crippen LogP contribution < -0.4 is 10.6 Å². The first kappa shape index (κ1) is 19.5. The van der Waals surface area contributed by atoms with Crippen molar-refractivity contribution in [2.24, 2.45) is 0 Å². The third kappa shape index (κ3) is 4.13. The lowest BCUT2D eigenvalue weighted by Crippen LogP contribution is -2.33. The number of H-pyrrole nitrogens is 1. The lowest BCUT2D eigenvalue weighted by Gasteiger charge is -2.14. The zero-order valence-electron chi connectivity index (χ0n) is 16.8. The first-order valence-corrected chi connectivity index (χ1v) is 9.66. The summed E-state index contributed by atoms with van der Waals surface area (Å²) in [6.07, 6.45) is 10.5. The lowest BCUT2D eigenvalue weighted by molar-refractivity contribution is 0.0945. The van der Waals surface area contributed by atoms with Gasteiger partial charge in [-0.05, 0) is 25.7 Å². The van der Waals surface area contributed by atoms with Crippen LogP contribution >= 0.6 is 0 Å². The number of pyridine rings is 1. The van der Waals surface area contributed by atoms with Crippen LogP contribution in [0.2, 0.25) is 0 Å². The number of aromatic amines is 1. The number of aromatic nitrogens is 6. The summed E-state index contributed by atoms with van der Waals surface area (Å²) in [4.78, 5) is 27.5. The summed E-state index contributed by atoms with van der Waals surface area (Å²) < 4.78 is 1.93. The number of anilines is 2. The zero-order chi connectivity index (χ0) is 20.9. The molecule has 0 aliphatic rings. The van der Waals surface area contributed by atoms with Gasteiger partial charge in [0.1, 0.15) is 5.69 Å². The van der Waals surface area contributed by atoms with Crippen molar-refractivity contribution in [2.75, 3.05) is 32.0 Å². The van der Waals surface area contributed by atoms with E-state index in [-0.39, 0.29) is 5.91 Å². The number of likely N-dealkylation sites (N-methyl/N-ethyl adjacent to an activating group) is 1. The molecule has 0 aliphatic heterocycles. The molecule has 0 spiro atoms. The van der Waals surface area contributed by atoms with Gasteiger partial charge in [-0.3, -0.25) is 14.3 Å². The van der Waals surface area contributed by atoms with Crippen molar-refractivity contribution in [1.29, 1.82) is 0 Å². The molecule has 0 fully saturated rings. The number of amides is 1. The summed E-state index contributed by atoms with van der Waals surface area (Å²) in [5.74, 6) is 0.401. The maximum Gasteiger partial charge on any atom is 0.269 e. The number of hydrogen-bond acceptors (Lipinski definition) is 7. The van der Waals surface area contributed by atoms with E-state index in [9.17, 15) is 4.79 Å². The minimum Gasteiger partial charge on any atom is -0.349 e. The Morgan fingerprint density at radius 1 is 1.20 bits per heavy atom. The highest BCUT2D eigenvalue weighted by Crippen LogP contribution is 2.24. The first-order valence-electron chi connectivity index (χ1n) is 9.66. The number of imidazole rings is 1. The smallest absolute Gasteiger partial charge is 0.269 e. The maximum absolute atomic E-state index is 12.2. The summed E-state index contributed by atoms with van der Waals surface area (Å²) in [6, 6.07) is 3.48. The number of carbonyl (C=O) groups is 1. The number of rotatable bonds is 8. The van der Waals surface area contributed by atoms with Crippen molar-refractivity contribution in [3.05, 3.63) is 55.0 Å². The van der Waals surface area contributed by atoms with Crippen molar-refractivity contribution < 1.29 is 4.79 Å². The van der Waals surface area contributed by atoms with E-state index in [1.54, 1.807) is 43.1 Å². The largest absolute Gasteiger partial charge is 0.349 e. The molecule has 4 aromatic rings. The monoisotopic (exact) mass is 405 g/mol. The average molecular weight is 405 g/mol. The molecule has 0 aliphatic carbocycles. The molecule has 0 bridgehead atoms. The molecule has 154 valence electrons. The molecule has 0 aromatic carbocycles. The summed E-state index contributed by atoms with van der Waals surface area (Å²) >= 11 is 0. The van der Waals surface area contributed by atoms with E-state index >= 15 is 0 Å². The third-order valence-electron chi connectivity index (χ3n) is 4.80. The van der Waals surface area contributed by atoms with E-state index in [1.165, 1.54) is 0 Å². The highest BCUT2D eigenvalue weighted by atomic mass is 16.1. The Labute approximate surface area is 173 Å². The number of nitrogens with one attached hydrogen (secondary N) is 3. The second-order valence-corrected chi connectivity index (χ2v) is 6.81. The molecule has 4 rings (SSSR count). The van der Waals surface area contributed by atoms with Crippen molar-refractivity contribution in [1.82, 2.24) is 39.8 Å². The number of fused-ring (bicyclic) bond motifs is 1. The SMILES string of the molecule is CCN(C)CCNC(=O)c1ccc(Nc2ncc(-c3cn[nH]c3)n3ccnc23)cn1. The van der Waals surface area contributed by atoms with Gasteiger partial charge in [0.25, 0.3) is 5.91 Å². The van der Waals surface area contributed by atoms with Gasteiger partial charge in [-0.1, -0.05) is 6.92 Å². The fourth-order valence-corrected chi connectivity index (χ4v) is 2.96. The van der Waals surface area contributed by atoms with E-state index in [4.69, 9.17) is 0 Å². The highest BCUT2D eigenvalue weighted by molar-refractivity contribution is 5.92. The number of hydrogen-bond donors (Lipinski definition) is 3. The van der Waals surface area contributed by atoms with E-state index in [0.717, 1.165) is 24.3 Å². The molecule has 10 heteroatoms. The highest BCUT2D eigenvalue weighted by Gasteiger charge is 2.12. The van der Waals surface area contributed by atoms with E-state index in [1.807, 2.05) is 17.6 Å². The molecule has 0 unspecified atom stereocenters. The molecule has 4 aromatic heterocycles. The van der Waals surface area contributed by atoms with Crippen LogP contribution in [-0.2, 0) is 0 Å². The predicted octanol–water partition coefficient (Wildman–Crippen LogP) is 1.94. The normalized spacial score (nSPS) is 11.2. The summed E-state index contributed by atoms with van der Waals surface area (Å²) in [5, 5.41) is 12.9. The van der Waals surface area contributed by atoms with Crippen molar-refractivity contribution in [2.45, 2.75) is 6.92 Å². The van der Waals surface area contributed by atoms with Crippen molar-refractivity contribution >= 4 is 23.1 Å². The van der Waals surface area contributed by atoms with Crippen LogP contribution in [0.1, 0.15) is 17.4 Å². The molecular formula is C20H23N9O. The summed E-state index contributed by atoms with van der Waals surface area (Å²) in [7, 11) is 2.01. The van der Waals surface area contributed by atoms with Gasteiger partial charge < -0.3 is 15.5 Å². The molecule has 1 amide bonds. The molecule has 0 saturated carbocycles. The van der Waals surface area contributed by atoms with Crippen molar-refractivity contribution in [3.63, 3.8) is 0 Å². The Morgan fingerprint density at radius 3 is 2.83 bits per heavy atom. The summed E-state index contributed by atoms with van der Waals surface area (Å²) in [5.41, 5.74) is 3.55. The molecule has 0 saturated heterocycles. The minimum atomic E-state index is -0.190. The molecule has 30 heavy (non-hydrogen) atoms. The average Bonchev–Trinajstić information content (AvgIpc) is 3.47. The van der Waals surface area contributed by atoms with Crippen molar-refractivity contribution in [3.8, 4) is 11.3 Å². The lowest BCUT2D eigenvalue weighted by atomic mass is 10.2. The van der Waals surface area contributed by atoms with E-state index in [2.05, 4.69) is 47.6 Å². The van der Waals surface area contributed by atoms with Gasteiger partial charge in [-0.25, -0.2) is 15.0 Å².